The van der Waals surface area contributed by atoms with Gasteiger partial charge in [0.15, 0.2) is 0 Å². The summed E-state index contributed by atoms with van der Waals surface area (Å²) in [6.07, 6.45) is 1.58. The zero-order chi connectivity index (χ0) is 21.6. The summed E-state index contributed by atoms with van der Waals surface area (Å²) in [6, 6.07) is 9.32. The third kappa shape index (κ3) is 4.37. The fourth-order valence-electron chi connectivity index (χ4n) is 3.03. The first-order chi connectivity index (χ1) is 13.4. The summed E-state index contributed by atoms with van der Waals surface area (Å²) in [5.74, 6) is 0.448. The van der Waals surface area contributed by atoms with E-state index in [4.69, 9.17) is 16.7 Å². The second-order valence-electron chi connectivity index (χ2n) is 9.24. The van der Waals surface area contributed by atoms with Crippen LogP contribution in [-0.4, -0.2) is 25.5 Å². The van der Waals surface area contributed by atoms with Crippen LogP contribution in [0.3, 0.4) is 0 Å². The predicted octanol–water partition coefficient (Wildman–Crippen LogP) is 5.34. The fourth-order valence-corrected chi connectivity index (χ4v) is 3.22. The van der Waals surface area contributed by atoms with Gasteiger partial charge in [0.2, 0.25) is 0 Å². The first kappa shape index (κ1) is 21.1. The average molecular weight is 414 g/mol. The lowest BCUT2D eigenvalue weighted by Gasteiger charge is -2.23. The lowest BCUT2D eigenvalue weighted by Crippen LogP contribution is -2.27. The van der Waals surface area contributed by atoms with Gasteiger partial charge in [0.05, 0.1) is 34.4 Å². The Kier molecular flexibility index (Phi) is 5.34. The molecule has 0 aliphatic heterocycles. The normalized spacial score (nSPS) is 12.3. The van der Waals surface area contributed by atoms with Crippen molar-refractivity contribution in [2.75, 3.05) is 5.32 Å². The zero-order valence-corrected chi connectivity index (χ0v) is 18.8. The molecule has 0 aliphatic carbocycles. The van der Waals surface area contributed by atoms with E-state index in [1.807, 2.05) is 35.9 Å². The summed E-state index contributed by atoms with van der Waals surface area (Å²) >= 11 is 6.09. The van der Waals surface area contributed by atoms with Crippen molar-refractivity contribution in [3.05, 3.63) is 58.5 Å². The second kappa shape index (κ2) is 7.34. The molecule has 0 atom stereocenters. The van der Waals surface area contributed by atoms with E-state index in [9.17, 15) is 4.79 Å². The van der Waals surface area contributed by atoms with E-state index < -0.39 is 0 Å². The van der Waals surface area contributed by atoms with E-state index in [1.54, 1.807) is 16.9 Å². The number of nitrogens with one attached hydrogen (secondary N) is 1. The van der Waals surface area contributed by atoms with Gasteiger partial charge in [-0.25, -0.2) is 9.36 Å². The third-order valence-corrected chi connectivity index (χ3v) is 4.90. The van der Waals surface area contributed by atoms with Crippen LogP contribution in [0.2, 0.25) is 5.02 Å². The van der Waals surface area contributed by atoms with Crippen molar-refractivity contribution in [3.63, 3.8) is 0 Å². The smallest absolute Gasteiger partial charge is 0.260 e. The number of amides is 1. The maximum atomic E-state index is 13.1. The molecule has 1 amide bonds. The number of benzene rings is 1. The molecule has 0 bridgehead atoms. The van der Waals surface area contributed by atoms with Gasteiger partial charge in [-0.1, -0.05) is 38.4 Å². The van der Waals surface area contributed by atoms with E-state index >= 15 is 0 Å². The molecule has 29 heavy (non-hydrogen) atoms. The number of halogens is 1. The van der Waals surface area contributed by atoms with E-state index in [1.165, 1.54) is 0 Å². The molecule has 0 fully saturated rings. The van der Waals surface area contributed by atoms with Gasteiger partial charge in [-0.05, 0) is 45.9 Å². The van der Waals surface area contributed by atoms with Gasteiger partial charge in [0, 0.05) is 16.5 Å². The van der Waals surface area contributed by atoms with Crippen LogP contribution in [0.5, 0.6) is 0 Å². The quantitative estimate of drug-likeness (QED) is 0.630. The number of carbonyl (C=O) groups is 1. The highest BCUT2D eigenvalue weighted by molar-refractivity contribution is 6.30. The molecule has 0 unspecified atom stereocenters. The Morgan fingerprint density at radius 2 is 1.79 bits per heavy atom. The average Bonchev–Trinajstić information content (AvgIpc) is 3.18. The largest absolute Gasteiger partial charge is 0.307 e. The van der Waals surface area contributed by atoms with Crippen LogP contribution in [0, 0.1) is 6.92 Å². The van der Waals surface area contributed by atoms with Gasteiger partial charge < -0.3 is 5.32 Å². The first-order valence-corrected chi connectivity index (χ1v) is 9.98. The molecule has 2 heterocycles. The van der Waals surface area contributed by atoms with Crippen molar-refractivity contribution in [2.24, 2.45) is 0 Å². The Labute approximate surface area is 176 Å². The van der Waals surface area contributed by atoms with Crippen LogP contribution >= 0.6 is 11.6 Å². The van der Waals surface area contributed by atoms with Gasteiger partial charge in [0.1, 0.15) is 5.82 Å². The van der Waals surface area contributed by atoms with E-state index in [0.717, 1.165) is 17.1 Å². The number of carbonyl (C=O) groups excluding carboxylic acids is 1. The van der Waals surface area contributed by atoms with Crippen LogP contribution in [0.25, 0.3) is 5.69 Å². The van der Waals surface area contributed by atoms with E-state index in [-0.39, 0.29) is 16.9 Å². The monoisotopic (exact) mass is 413 g/mol. The van der Waals surface area contributed by atoms with Crippen LogP contribution in [0.1, 0.15) is 63.3 Å². The lowest BCUT2D eigenvalue weighted by atomic mass is 9.92. The minimum Gasteiger partial charge on any atom is -0.307 e. The second-order valence-corrected chi connectivity index (χ2v) is 9.67. The summed E-state index contributed by atoms with van der Waals surface area (Å²) in [5, 5.41) is 12.8. The highest BCUT2D eigenvalue weighted by atomic mass is 35.5. The highest BCUT2D eigenvalue weighted by Gasteiger charge is 2.26. The molecule has 0 saturated heterocycles. The van der Waals surface area contributed by atoms with Gasteiger partial charge in [-0.3, -0.25) is 4.79 Å². The van der Waals surface area contributed by atoms with Gasteiger partial charge in [-0.15, -0.1) is 0 Å². The van der Waals surface area contributed by atoms with E-state index in [0.29, 0.717) is 16.4 Å². The summed E-state index contributed by atoms with van der Waals surface area (Å²) in [4.78, 5) is 13.1. The van der Waals surface area contributed by atoms with Crippen LogP contribution in [0.15, 0.2) is 36.5 Å². The standard InChI is InChI=1S/C22H28ClN5O/c1-14-17(13-24-27(14)16-10-8-9-15(23)11-16)20(29)25-19-12-18(21(2,3)4)26-28(19)22(5,6)7/h8-13H,1-7H3,(H,25,29). The molecule has 7 heteroatoms. The molecule has 2 aromatic heterocycles. The SMILES string of the molecule is Cc1c(C(=O)Nc2cc(C(C)(C)C)nn2C(C)(C)C)cnn1-c1cccc(Cl)c1. The highest BCUT2D eigenvalue weighted by Crippen LogP contribution is 2.28. The van der Waals surface area contributed by atoms with Gasteiger partial charge in [-0.2, -0.15) is 10.2 Å². The Balaban J connectivity index is 1.95. The van der Waals surface area contributed by atoms with Crippen molar-refractivity contribution in [1.29, 1.82) is 0 Å². The van der Waals surface area contributed by atoms with Crippen molar-refractivity contribution < 1.29 is 4.79 Å². The number of aromatic nitrogens is 4. The Morgan fingerprint density at radius 3 is 2.38 bits per heavy atom. The Bertz CT molecular complexity index is 1050. The summed E-state index contributed by atoms with van der Waals surface area (Å²) in [7, 11) is 0. The summed E-state index contributed by atoms with van der Waals surface area (Å²) in [5.41, 5.74) is 2.58. The topological polar surface area (TPSA) is 64.7 Å². The molecule has 6 nitrogen and oxygen atoms in total. The molecular weight excluding hydrogens is 386 g/mol. The van der Waals surface area contributed by atoms with Crippen molar-refractivity contribution in [3.8, 4) is 5.69 Å². The minimum absolute atomic E-state index is 0.122. The minimum atomic E-state index is -0.272. The Morgan fingerprint density at radius 1 is 1.10 bits per heavy atom. The summed E-state index contributed by atoms with van der Waals surface area (Å²) in [6.45, 7) is 14.4. The first-order valence-electron chi connectivity index (χ1n) is 9.61. The lowest BCUT2D eigenvalue weighted by molar-refractivity contribution is 0.102. The number of anilines is 1. The molecule has 0 aliphatic rings. The molecule has 0 spiro atoms. The number of nitrogens with zero attached hydrogens (tertiary/aromatic N) is 4. The molecule has 154 valence electrons. The zero-order valence-electron chi connectivity index (χ0n) is 18.0. The van der Waals surface area contributed by atoms with Crippen molar-refractivity contribution in [2.45, 2.75) is 59.4 Å². The van der Waals surface area contributed by atoms with Crippen LogP contribution in [0.4, 0.5) is 5.82 Å². The maximum absolute atomic E-state index is 13.1. The van der Waals surface area contributed by atoms with Gasteiger partial charge in [0.25, 0.3) is 5.91 Å². The van der Waals surface area contributed by atoms with Gasteiger partial charge >= 0.3 is 0 Å². The molecular formula is C22H28ClN5O. The molecule has 1 aromatic carbocycles. The third-order valence-electron chi connectivity index (χ3n) is 4.66. The van der Waals surface area contributed by atoms with Crippen LogP contribution < -0.4 is 5.32 Å². The molecule has 0 radical (unpaired) electrons. The van der Waals surface area contributed by atoms with Crippen molar-refractivity contribution in [1.82, 2.24) is 19.6 Å². The number of hydrogen-bond acceptors (Lipinski definition) is 3. The number of hydrogen-bond donors (Lipinski definition) is 1. The van der Waals surface area contributed by atoms with E-state index in [2.05, 4.69) is 52.0 Å². The predicted molar refractivity (Wildman–Crippen MR) is 117 cm³/mol. The molecule has 3 rings (SSSR count). The van der Waals surface area contributed by atoms with Crippen molar-refractivity contribution >= 4 is 23.3 Å². The maximum Gasteiger partial charge on any atom is 0.260 e. The molecule has 3 aromatic rings. The fraction of sp³-hybridized carbons (Fsp3) is 0.409. The molecule has 0 saturated carbocycles. The Hall–Kier alpha value is -2.60. The number of rotatable bonds is 3. The molecule has 1 N–H and O–H groups in total. The van der Waals surface area contributed by atoms with Crippen LogP contribution in [-0.2, 0) is 11.0 Å². The summed E-state index contributed by atoms with van der Waals surface area (Å²) < 4.78 is 3.57.